The van der Waals surface area contributed by atoms with Crippen molar-refractivity contribution < 1.29 is 0 Å². The predicted octanol–water partition coefficient (Wildman–Crippen LogP) is 1.92. The largest absolute Gasteiger partial charge is 0.316 e. The van der Waals surface area contributed by atoms with E-state index in [1.54, 1.807) is 0 Å². The molecule has 2 heterocycles. The van der Waals surface area contributed by atoms with Crippen LogP contribution in [0.3, 0.4) is 0 Å². The lowest BCUT2D eigenvalue weighted by atomic mass is 10.3. The Morgan fingerprint density at radius 2 is 2.44 bits per heavy atom. The molecule has 3 nitrogen and oxygen atoms in total. The van der Waals surface area contributed by atoms with Crippen molar-refractivity contribution in [3.63, 3.8) is 0 Å². The van der Waals surface area contributed by atoms with Gasteiger partial charge in [-0.25, -0.2) is 4.98 Å². The quantitative estimate of drug-likeness (QED) is 0.898. The molecule has 0 aliphatic carbocycles. The molecule has 1 fully saturated rings. The average Bonchev–Trinajstić information content (AvgIpc) is 2.87. The number of thiazole rings is 1. The number of nitrogens with one attached hydrogen (secondary N) is 1. The number of nitrogens with zero attached hydrogens (tertiary/aromatic N) is 2. The van der Waals surface area contributed by atoms with Gasteiger partial charge in [-0.2, -0.15) is 0 Å². The predicted molar refractivity (Wildman–Crippen MR) is 71.5 cm³/mol. The van der Waals surface area contributed by atoms with Gasteiger partial charge in [-0.3, -0.25) is 4.90 Å². The van der Waals surface area contributed by atoms with Crippen LogP contribution in [0, 0.1) is 0 Å². The molecule has 1 aromatic heterocycles. The molecule has 0 bridgehead atoms. The zero-order chi connectivity index (χ0) is 10.7. The summed E-state index contributed by atoms with van der Waals surface area (Å²) in [5, 5.41) is 4.60. The van der Waals surface area contributed by atoms with Crippen molar-refractivity contribution in [2.45, 2.75) is 32.4 Å². The molecule has 1 aliphatic heterocycles. The minimum Gasteiger partial charge on any atom is -0.316 e. The number of hydrogen-bond acceptors (Lipinski definition) is 4. The lowest BCUT2D eigenvalue weighted by molar-refractivity contribution is 0.322. The Hall–Kier alpha value is -0.160. The molecule has 0 spiro atoms. The van der Waals surface area contributed by atoms with E-state index >= 15 is 0 Å². The fourth-order valence-electron chi connectivity index (χ4n) is 1.99. The summed E-state index contributed by atoms with van der Waals surface area (Å²) in [4.78, 5) is 8.34. The van der Waals surface area contributed by atoms with Crippen LogP contribution in [-0.4, -0.2) is 36.1 Å². The van der Waals surface area contributed by atoms with E-state index in [9.17, 15) is 0 Å². The van der Waals surface area contributed by atoms with Crippen LogP contribution in [0.2, 0.25) is 0 Å². The molecule has 0 radical (unpaired) electrons. The number of rotatable bonds is 4. The molecule has 1 aliphatic rings. The summed E-state index contributed by atoms with van der Waals surface area (Å²) in [7, 11) is 2.05. The standard InChI is InChI=1S/C11H19N3S.ClH/c1-3-10-6-13-11(15-10)8-14-5-4-9(7-14)12-2;/h6,9,12H,3-5,7-8H2,1-2H3;1H. The second-order valence-corrected chi connectivity index (χ2v) is 5.28. The van der Waals surface area contributed by atoms with Crippen LogP contribution in [-0.2, 0) is 13.0 Å². The minimum atomic E-state index is 0. The molecule has 5 heteroatoms. The van der Waals surface area contributed by atoms with E-state index in [4.69, 9.17) is 0 Å². The highest BCUT2D eigenvalue weighted by atomic mass is 35.5. The summed E-state index contributed by atoms with van der Waals surface area (Å²) < 4.78 is 0. The smallest absolute Gasteiger partial charge is 0.107 e. The maximum Gasteiger partial charge on any atom is 0.107 e. The van der Waals surface area contributed by atoms with Crippen LogP contribution >= 0.6 is 23.7 Å². The van der Waals surface area contributed by atoms with Gasteiger partial charge in [-0.15, -0.1) is 23.7 Å². The summed E-state index contributed by atoms with van der Waals surface area (Å²) in [6.07, 6.45) is 4.39. The van der Waals surface area contributed by atoms with Crippen molar-refractivity contribution in [3.8, 4) is 0 Å². The molecule has 92 valence electrons. The molecule has 16 heavy (non-hydrogen) atoms. The number of aromatic nitrogens is 1. The highest BCUT2D eigenvalue weighted by molar-refractivity contribution is 7.11. The van der Waals surface area contributed by atoms with Gasteiger partial charge in [0.15, 0.2) is 0 Å². The second kappa shape index (κ2) is 6.55. The van der Waals surface area contributed by atoms with Gasteiger partial charge < -0.3 is 5.32 Å². The van der Waals surface area contributed by atoms with E-state index in [1.807, 2.05) is 24.6 Å². The number of likely N-dealkylation sites (tertiary alicyclic amines) is 1. The second-order valence-electron chi connectivity index (χ2n) is 4.08. The van der Waals surface area contributed by atoms with Crippen molar-refractivity contribution in [1.29, 1.82) is 0 Å². The van der Waals surface area contributed by atoms with E-state index in [-0.39, 0.29) is 12.4 Å². The highest BCUT2D eigenvalue weighted by Gasteiger charge is 2.21. The summed E-state index contributed by atoms with van der Waals surface area (Å²) in [5.41, 5.74) is 0. The van der Waals surface area contributed by atoms with E-state index in [2.05, 4.69) is 22.1 Å². The highest BCUT2D eigenvalue weighted by Crippen LogP contribution is 2.18. The topological polar surface area (TPSA) is 28.2 Å². The van der Waals surface area contributed by atoms with Gasteiger partial charge >= 0.3 is 0 Å². The fraction of sp³-hybridized carbons (Fsp3) is 0.727. The van der Waals surface area contributed by atoms with Gasteiger partial charge in [0.1, 0.15) is 5.01 Å². The normalized spacial score (nSPS) is 21.0. The zero-order valence-corrected chi connectivity index (χ0v) is 11.5. The summed E-state index contributed by atoms with van der Waals surface area (Å²) in [5.74, 6) is 0. The van der Waals surface area contributed by atoms with Gasteiger partial charge in [0, 0.05) is 30.2 Å². The molecule has 1 unspecified atom stereocenters. The van der Waals surface area contributed by atoms with E-state index in [0.29, 0.717) is 6.04 Å². The zero-order valence-electron chi connectivity index (χ0n) is 9.90. The Morgan fingerprint density at radius 1 is 1.62 bits per heavy atom. The summed E-state index contributed by atoms with van der Waals surface area (Å²) in [6, 6.07) is 0.676. The van der Waals surface area contributed by atoms with Crippen LogP contribution in [0.5, 0.6) is 0 Å². The SMILES string of the molecule is CCc1cnc(CN2CCC(NC)C2)s1.Cl. The first-order valence-corrected chi connectivity index (χ1v) is 6.46. The first kappa shape index (κ1) is 13.9. The van der Waals surface area contributed by atoms with Crippen LogP contribution < -0.4 is 5.32 Å². The first-order chi connectivity index (χ1) is 7.31. The average molecular weight is 262 g/mol. The van der Waals surface area contributed by atoms with Crippen molar-refractivity contribution in [3.05, 3.63) is 16.1 Å². The van der Waals surface area contributed by atoms with Crippen molar-refractivity contribution in [2.75, 3.05) is 20.1 Å². The maximum atomic E-state index is 4.46. The monoisotopic (exact) mass is 261 g/mol. The summed E-state index contributed by atoms with van der Waals surface area (Å²) in [6.45, 7) is 5.58. The van der Waals surface area contributed by atoms with E-state index < -0.39 is 0 Å². The maximum absolute atomic E-state index is 4.46. The Kier molecular flexibility index (Phi) is 5.69. The third kappa shape index (κ3) is 3.42. The molecule has 0 aromatic carbocycles. The van der Waals surface area contributed by atoms with Crippen LogP contribution in [0.15, 0.2) is 6.20 Å². The van der Waals surface area contributed by atoms with Crippen molar-refractivity contribution in [1.82, 2.24) is 15.2 Å². The van der Waals surface area contributed by atoms with Crippen LogP contribution in [0.25, 0.3) is 0 Å². The van der Waals surface area contributed by atoms with Gasteiger partial charge in [0.25, 0.3) is 0 Å². The van der Waals surface area contributed by atoms with Gasteiger partial charge in [0.2, 0.25) is 0 Å². The Balaban J connectivity index is 0.00000128. The van der Waals surface area contributed by atoms with Crippen molar-refractivity contribution >= 4 is 23.7 Å². The molecule has 1 saturated heterocycles. The number of hydrogen-bond donors (Lipinski definition) is 1. The van der Waals surface area contributed by atoms with Crippen LogP contribution in [0.4, 0.5) is 0 Å². The minimum absolute atomic E-state index is 0. The van der Waals surface area contributed by atoms with Crippen LogP contribution in [0.1, 0.15) is 23.2 Å². The Labute approximate surface area is 108 Å². The van der Waals surface area contributed by atoms with Crippen molar-refractivity contribution in [2.24, 2.45) is 0 Å². The lowest BCUT2D eigenvalue weighted by Crippen LogP contribution is -2.29. The first-order valence-electron chi connectivity index (χ1n) is 5.65. The number of aryl methyl sites for hydroxylation is 1. The Morgan fingerprint density at radius 3 is 3.00 bits per heavy atom. The molecule has 0 amide bonds. The van der Waals surface area contributed by atoms with Gasteiger partial charge in [-0.05, 0) is 19.9 Å². The molecule has 1 atom stereocenters. The van der Waals surface area contributed by atoms with Gasteiger partial charge in [0.05, 0.1) is 6.54 Å². The molecule has 0 saturated carbocycles. The van der Waals surface area contributed by atoms with E-state index in [0.717, 1.165) is 19.5 Å². The summed E-state index contributed by atoms with van der Waals surface area (Å²) >= 11 is 1.86. The number of halogens is 1. The van der Waals surface area contributed by atoms with Gasteiger partial charge in [-0.1, -0.05) is 6.92 Å². The molecular formula is C11H20ClN3S. The fourth-order valence-corrected chi connectivity index (χ4v) is 2.89. The lowest BCUT2D eigenvalue weighted by Gasteiger charge is -2.13. The molecule has 1 aromatic rings. The molecular weight excluding hydrogens is 242 g/mol. The Bertz CT molecular complexity index is 316. The third-order valence-electron chi connectivity index (χ3n) is 2.99. The van der Waals surface area contributed by atoms with E-state index in [1.165, 1.54) is 22.9 Å². The molecule has 2 rings (SSSR count). The third-order valence-corrected chi connectivity index (χ3v) is 4.12. The molecule has 1 N–H and O–H groups in total. The number of likely N-dealkylation sites (N-methyl/N-ethyl adjacent to an activating group) is 1.